The van der Waals surface area contributed by atoms with Crippen molar-refractivity contribution in [2.24, 2.45) is 0 Å². The quantitative estimate of drug-likeness (QED) is 0.789. The molecule has 2 heterocycles. The molecule has 0 saturated carbocycles. The van der Waals surface area contributed by atoms with Gasteiger partial charge in [-0.2, -0.15) is 4.98 Å². The highest BCUT2D eigenvalue weighted by Crippen LogP contribution is 2.27. The minimum absolute atomic E-state index is 0.0459. The van der Waals surface area contributed by atoms with E-state index in [-0.39, 0.29) is 11.7 Å². The lowest BCUT2D eigenvalue weighted by molar-refractivity contribution is 0.0972. The monoisotopic (exact) mass is 272 g/mol. The maximum Gasteiger partial charge on any atom is 0.294 e. The standard InChI is InChI=1S/C8H5BrN2O2S/c1-4(12)8-10-7(11-13-8)6-2-5(9)3-14-6/h2-3H,1H3. The van der Waals surface area contributed by atoms with Gasteiger partial charge in [0.15, 0.2) is 0 Å². The minimum Gasteiger partial charge on any atom is -0.330 e. The molecule has 0 aliphatic carbocycles. The molecule has 0 aromatic carbocycles. The highest BCUT2D eigenvalue weighted by molar-refractivity contribution is 9.10. The zero-order valence-corrected chi connectivity index (χ0v) is 9.55. The fourth-order valence-electron chi connectivity index (χ4n) is 0.897. The molecule has 2 aromatic rings. The van der Waals surface area contributed by atoms with E-state index in [0.29, 0.717) is 5.82 Å². The molecule has 0 spiro atoms. The van der Waals surface area contributed by atoms with Crippen LogP contribution in [-0.2, 0) is 0 Å². The van der Waals surface area contributed by atoms with E-state index in [1.807, 2.05) is 11.4 Å². The summed E-state index contributed by atoms with van der Waals surface area (Å²) in [5, 5.41) is 5.62. The van der Waals surface area contributed by atoms with E-state index in [1.54, 1.807) is 0 Å². The fraction of sp³-hybridized carbons (Fsp3) is 0.125. The van der Waals surface area contributed by atoms with Crippen LogP contribution in [0.4, 0.5) is 0 Å². The van der Waals surface area contributed by atoms with E-state index in [1.165, 1.54) is 18.3 Å². The summed E-state index contributed by atoms with van der Waals surface area (Å²) in [5.41, 5.74) is 0. The highest BCUT2D eigenvalue weighted by atomic mass is 79.9. The summed E-state index contributed by atoms with van der Waals surface area (Å²) >= 11 is 4.81. The van der Waals surface area contributed by atoms with Crippen molar-refractivity contribution in [1.82, 2.24) is 10.1 Å². The third-order valence-electron chi connectivity index (χ3n) is 1.52. The Kier molecular flexibility index (Phi) is 2.47. The first-order valence-corrected chi connectivity index (χ1v) is 5.43. The summed E-state index contributed by atoms with van der Waals surface area (Å²) in [5.74, 6) is 0.273. The number of Topliss-reactive ketones (excluding diaryl/α,β-unsaturated/α-hetero) is 1. The number of rotatable bonds is 2. The Morgan fingerprint density at radius 3 is 2.93 bits per heavy atom. The molecule has 0 aliphatic rings. The van der Waals surface area contributed by atoms with Crippen molar-refractivity contribution in [1.29, 1.82) is 0 Å². The van der Waals surface area contributed by atoms with Crippen molar-refractivity contribution in [2.75, 3.05) is 0 Å². The summed E-state index contributed by atoms with van der Waals surface area (Å²) in [4.78, 5) is 15.7. The van der Waals surface area contributed by atoms with Gasteiger partial charge in [0, 0.05) is 16.8 Å². The van der Waals surface area contributed by atoms with Gasteiger partial charge in [-0.3, -0.25) is 4.79 Å². The highest BCUT2D eigenvalue weighted by Gasteiger charge is 2.12. The Balaban J connectivity index is 2.38. The second kappa shape index (κ2) is 3.62. The van der Waals surface area contributed by atoms with Gasteiger partial charge in [-0.15, -0.1) is 11.3 Å². The molecule has 0 fully saturated rings. The topological polar surface area (TPSA) is 56.0 Å². The van der Waals surface area contributed by atoms with Crippen LogP contribution in [0.2, 0.25) is 0 Å². The maximum absolute atomic E-state index is 10.9. The van der Waals surface area contributed by atoms with E-state index < -0.39 is 0 Å². The number of thiophene rings is 1. The minimum atomic E-state index is -0.223. The summed E-state index contributed by atoms with van der Waals surface area (Å²) < 4.78 is 5.73. The molecule has 0 amide bonds. The number of carbonyl (C=O) groups excluding carboxylic acids is 1. The Bertz CT molecular complexity index is 477. The third-order valence-corrected chi connectivity index (χ3v) is 3.20. The maximum atomic E-state index is 10.9. The number of halogens is 1. The van der Waals surface area contributed by atoms with Crippen LogP contribution < -0.4 is 0 Å². The molecule has 2 rings (SSSR count). The van der Waals surface area contributed by atoms with Gasteiger partial charge in [0.1, 0.15) is 0 Å². The van der Waals surface area contributed by atoms with Crippen LogP contribution in [0, 0.1) is 0 Å². The lowest BCUT2D eigenvalue weighted by Gasteiger charge is -1.81. The van der Waals surface area contributed by atoms with Crippen molar-refractivity contribution >= 4 is 33.0 Å². The number of nitrogens with zero attached hydrogens (tertiary/aromatic N) is 2. The first-order valence-electron chi connectivity index (χ1n) is 3.76. The average Bonchev–Trinajstić information content (AvgIpc) is 2.70. The van der Waals surface area contributed by atoms with Gasteiger partial charge in [0.2, 0.25) is 11.6 Å². The van der Waals surface area contributed by atoms with Crippen molar-refractivity contribution < 1.29 is 9.32 Å². The van der Waals surface area contributed by atoms with E-state index >= 15 is 0 Å². The van der Waals surface area contributed by atoms with Crippen molar-refractivity contribution in [2.45, 2.75) is 6.92 Å². The largest absolute Gasteiger partial charge is 0.330 e. The molecular weight excluding hydrogens is 268 g/mol. The number of carbonyl (C=O) groups is 1. The molecule has 0 radical (unpaired) electrons. The number of hydrogen-bond acceptors (Lipinski definition) is 5. The van der Waals surface area contributed by atoms with Crippen molar-refractivity contribution in [3.05, 3.63) is 21.8 Å². The van der Waals surface area contributed by atoms with Gasteiger partial charge >= 0.3 is 0 Å². The molecule has 4 nitrogen and oxygen atoms in total. The SMILES string of the molecule is CC(=O)c1nc(-c2cc(Br)cs2)no1. The van der Waals surface area contributed by atoms with E-state index in [0.717, 1.165) is 9.35 Å². The second-order valence-electron chi connectivity index (χ2n) is 2.61. The first-order chi connectivity index (χ1) is 6.66. The van der Waals surface area contributed by atoms with Crippen LogP contribution in [-0.4, -0.2) is 15.9 Å². The van der Waals surface area contributed by atoms with Crippen LogP contribution in [0.5, 0.6) is 0 Å². The van der Waals surface area contributed by atoms with Gasteiger partial charge in [-0.05, 0) is 22.0 Å². The summed E-state index contributed by atoms with van der Waals surface area (Å²) in [7, 11) is 0. The lowest BCUT2D eigenvalue weighted by Crippen LogP contribution is -1.90. The van der Waals surface area contributed by atoms with E-state index in [2.05, 4.69) is 26.1 Å². The molecule has 0 saturated heterocycles. The zero-order chi connectivity index (χ0) is 10.1. The summed E-state index contributed by atoms with van der Waals surface area (Å²) in [6, 6.07) is 1.87. The Morgan fingerprint density at radius 2 is 2.43 bits per heavy atom. The Hall–Kier alpha value is -1.01. The molecule has 0 bridgehead atoms. The predicted molar refractivity (Wildman–Crippen MR) is 55.3 cm³/mol. The molecule has 0 unspecified atom stereocenters. The molecule has 72 valence electrons. The van der Waals surface area contributed by atoms with Crippen molar-refractivity contribution in [3.63, 3.8) is 0 Å². The predicted octanol–water partition coefficient (Wildman–Crippen LogP) is 2.76. The Morgan fingerprint density at radius 1 is 1.64 bits per heavy atom. The second-order valence-corrected chi connectivity index (χ2v) is 4.44. The lowest BCUT2D eigenvalue weighted by atomic mass is 10.4. The van der Waals surface area contributed by atoms with E-state index in [9.17, 15) is 4.79 Å². The van der Waals surface area contributed by atoms with Gasteiger partial charge in [-0.1, -0.05) is 5.16 Å². The molecule has 0 atom stereocenters. The number of hydrogen-bond donors (Lipinski definition) is 0. The first kappa shape index (κ1) is 9.54. The van der Waals surface area contributed by atoms with Gasteiger partial charge in [0.25, 0.3) is 5.89 Å². The molecule has 2 aromatic heterocycles. The molecule has 6 heteroatoms. The normalized spacial score (nSPS) is 10.4. The van der Waals surface area contributed by atoms with Crippen LogP contribution in [0.15, 0.2) is 20.4 Å². The molecule has 14 heavy (non-hydrogen) atoms. The van der Waals surface area contributed by atoms with Gasteiger partial charge < -0.3 is 4.52 Å². The van der Waals surface area contributed by atoms with Crippen LogP contribution in [0.1, 0.15) is 17.6 Å². The van der Waals surface area contributed by atoms with Gasteiger partial charge in [0.05, 0.1) is 4.88 Å². The molecule has 0 N–H and O–H groups in total. The van der Waals surface area contributed by atoms with Gasteiger partial charge in [-0.25, -0.2) is 0 Å². The van der Waals surface area contributed by atoms with Crippen molar-refractivity contribution in [3.8, 4) is 10.7 Å². The summed E-state index contributed by atoms with van der Waals surface area (Å²) in [6.45, 7) is 1.39. The third kappa shape index (κ3) is 1.76. The zero-order valence-electron chi connectivity index (χ0n) is 7.15. The smallest absolute Gasteiger partial charge is 0.294 e. The summed E-state index contributed by atoms with van der Waals surface area (Å²) in [6.07, 6.45) is 0. The molecule has 0 aliphatic heterocycles. The van der Waals surface area contributed by atoms with Crippen LogP contribution in [0.25, 0.3) is 10.7 Å². The average molecular weight is 273 g/mol. The fourth-order valence-corrected chi connectivity index (χ4v) is 2.25. The number of ketones is 1. The van der Waals surface area contributed by atoms with Crippen LogP contribution >= 0.6 is 27.3 Å². The Labute approximate surface area is 92.1 Å². The number of aromatic nitrogens is 2. The molecular formula is C8H5BrN2O2S. The van der Waals surface area contributed by atoms with E-state index in [4.69, 9.17) is 4.52 Å². The van der Waals surface area contributed by atoms with Crippen LogP contribution in [0.3, 0.4) is 0 Å².